The van der Waals surface area contributed by atoms with E-state index >= 15 is 0 Å². The van der Waals surface area contributed by atoms with E-state index in [0.717, 1.165) is 121 Å². The van der Waals surface area contributed by atoms with Gasteiger partial charge in [0.2, 0.25) is 0 Å². The van der Waals surface area contributed by atoms with Crippen molar-refractivity contribution in [3.63, 3.8) is 0 Å². The van der Waals surface area contributed by atoms with E-state index in [1.807, 2.05) is 97.2 Å². The molecule has 8 nitrogen and oxygen atoms in total. The molecule has 16 aromatic rings. The average Bonchev–Trinajstić information content (AvgIpc) is 4.11. The minimum absolute atomic E-state index is 0. The van der Waals surface area contributed by atoms with Crippen LogP contribution < -0.4 is 5.46 Å². The third kappa shape index (κ3) is 8.89. The summed E-state index contributed by atoms with van der Waals surface area (Å²) in [5.41, 5.74) is 13.4. The molecule has 0 saturated carbocycles. The molecular weight excluding hydrogens is 1010 g/mol. The van der Waals surface area contributed by atoms with Crippen LogP contribution in [0.4, 0.5) is 0 Å². The van der Waals surface area contributed by atoms with Crippen molar-refractivity contribution < 1.29 is 18.9 Å². The molecule has 0 aliphatic rings. The van der Waals surface area contributed by atoms with Crippen molar-refractivity contribution in [2.75, 3.05) is 0 Å². The second kappa shape index (κ2) is 21.2. The molecule has 12 aromatic carbocycles. The molecular formula is C70H50BClN4O4. The smallest absolute Gasteiger partial charge is 0.455 e. The number of hydrogen-bond acceptors (Lipinski definition) is 8. The van der Waals surface area contributed by atoms with Gasteiger partial charge in [0, 0.05) is 59.8 Å². The van der Waals surface area contributed by atoms with Crippen LogP contribution in [-0.4, -0.2) is 37.1 Å². The van der Waals surface area contributed by atoms with Gasteiger partial charge < -0.3 is 18.9 Å². The van der Waals surface area contributed by atoms with Gasteiger partial charge in [0.25, 0.3) is 0 Å². The first-order valence-electron chi connectivity index (χ1n) is 25.6. The van der Waals surface area contributed by atoms with Crippen LogP contribution in [0, 0.1) is 0 Å². The molecule has 10 heteroatoms. The molecule has 16 rings (SSSR count). The monoisotopic (exact) mass is 1060 g/mol. The number of benzene rings is 12. The van der Waals surface area contributed by atoms with Crippen LogP contribution in [0.5, 0.6) is 0 Å². The summed E-state index contributed by atoms with van der Waals surface area (Å²) in [6.45, 7) is 0. The van der Waals surface area contributed by atoms with Gasteiger partial charge in [-0.3, -0.25) is 9.97 Å². The largest absolute Gasteiger partial charge is 0.488 e. The maximum Gasteiger partial charge on any atom is 0.488 e. The molecule has 4 heterocycles. The second-order valence-corrected chi connectivity index (χ2v) is 19.6. The summed E-state index contributed by atoms with van der Waals surface area (Å²) in [6.07, 6.45) is 3.50. The van der Waals surface area contributed by atoms with Gasteiger partial charge in [0.15, 0.2) is 0 Å². The normalized spacial score (nSPS) is 11.2. The first kappa shape index (κ1) is 51.0. The lowest BCUT2D eigenvalue weighted by molar-refractivity contribution is 0.426. The predicted octanol–water partition coefficient (Wildman–Crippen LogP) is 18.0. The van der Waals surface area contributed by atoms with E-state index in [1.54, 1.807) is 18.3 Å². The quantitative estimate of drug-likeness (QED) is 0.132. The van der Waals surface area contributed by atoms with Crippen LogP contribution in [0.1, 0.15) is 14.9 Å². The minimum Gasteiger partial charge on any atom is -0.455 e. The van der Waals surface area contributed by atoms with E-state index in [4.69, 9.17) is 30.4 Å². The van der Waals surface area contributed by atoms with Gasteiger partial charge in [-0.25, -0.2) is 9.97 Å². The summed E-state index contributed by atoms with van der Waals surface area (Å²) in [5.74, 6) is 0. The SMILES string of the molecule is C.C.Clc1cnc2c3ccccc3c3ccccc3c2n1.OB(O)c1cccc(-c2cccc3c2oc2ccccc23)c1.c1cc(-c2cnc3c4ccccc4c4ccccc4c3n2)cc(-c2cccc3c2oc2ccccc23)c1. The van der Waals surface area contributed by atoms with Crippen LogP contribution in [0.25, 0.3) is 143 Å². The lowest BCUT2D eigenvalue weighted by Gasteiger charge is -2.11. The van der Waals surface area contributed by atoms with Crippen molar-refractivity contribution in [2.24, 2.45) is 0 Å². The van der Waals surface area contributed by atoms with Crippen LogP contribution >= 0.6 is 11.6 Å². The van der Waals surface area contributed by atoms with Gasteiger partial charge in [-0.2, -0.15) is 0 Å². The molecule has 0 amide bonds. The van der Waals surface area contributed by atoms with E-state index < -0.39 is 7.12 Å². The zero-order valence-electron chi connectivity index (χ0n) is 41.5. The van der Waals surface area contributed by atoms with E-state index in [1.165, 1.54) is 21.5 Å². The lowest BCUT2D eigenvalue weighted by Crippen LogP contribution is -2.29. The molecule has 80 heavy (non-hydrogen) atoms. The van der Waals surface area contributed by atoms with Gasteiger partial charge in [-0.15, -0.1) is 0 Å². The van der Waals surface area contributed by atoms with Crippen molar-refractivity contribution in [1.82, 2.24) is 19.9 Å². The molecule has 0 radical (unpaired) electrons. The van der Waals surface area contributed by atoms with Crippen LogP contribution in [0.2, 0.25) is 5.15 Å². The second-order valence-electron chi connectivity index (χ2n) is 19.2. The Morgan fingerprint density at radius 3 is 1.21 bits per heavy atom. The Labute approximate surface area is 466 Å². The zero-order valence-corrected chi connectivity index (χ0v) is 42.3. The van der Waals surface area contributed by atoms with Gasteiger partial charge in [0.1, 0.15) is 27.5 Å². The number of furan rings is 2. The predicted molar refractivity (Wildman–Crippen MR) is 335 cm³/mol. The van der Waals surface area contributed by atoms with E-state index in [2.05, 4.69) is 137 Å². The molecule has 0 aliphatic heterocycles. The molecule has 0 fully saturated rings. The zero-order chi connectivity index (χ0) is 52.3. The Kier molecular flexibility index (Phi) is 13.5. The number of nitrogens with zero attached hydrogens (tertiary/aromatic N) is 4. The minimum atomic E-state index is -1.48. The van der Waals surface area contributed by atoms with Crippen LogP contribution in [0.3, 0.4) is 0 Å². The summed E-state index contributed by atoms with van der Waals surface area (Å²) in [4.78, 5) is 19.0. The third-order valence-electron chi connectivity index (χ3n) is 14.6. The van der Waals surface area contributed by atoms with Gasteiger partial charge in [0.05, 0.1) is 40.2 Å². The molecule has 0 saturated heterocycles. The lowest BCUT2D eigenvalue weighted by atomic mass is 9.79. The molecule has 2 N–H and O–H groups in total. The summed E-state index contributed by atoms with van der Waals surface area (Å²) >= 11 is 6.00. The van der Waals surface area contributed by atoms with Gasteiger partial charge in [-0.05, 0) is 56.3 Å². The number of para-hydroxylation sites is 4. The van der Waals surface area contributed by atoms with E-state index in [-0.39, 0.29) is 14.9 Å². The fourth-order valence-electron chi connectivity index (χ4n) is 11.0. The van der Waals surface area contributed by atoms with E-state index in [9.17, 15) is 10.0 Å². The molecule has 0 aliphatic carbocycles. The Balaban J connectivity index is 0.000000127. The third-order valence-corrected chi connectivity index (χ3v) is 14.8. The van der Waals surface area contributed by atoms with Gasteiger partial charge >= 0.3 is 7.12 Å². The topological polar surface area (TPSA) is 118 Å². The number of rotatable bonds is 4. The summed E-state index contributed by atoms with van der Waals surface area (Å²) in [6, 6.07) is 77.6. The standard InChI is InChI=1S/C34H20N2O.C18H13BO3.C16H9ClN2.2CH4/c1-3-14-27-24(11-1)25-12-2-4-15-28(25)33-32(27)35-20-30(36-33)22-10-7-9-21(19-22)23-16-8-17-29-26-13-5-6-18-31(26)37-34(23)29;20-19(21)13-6-3-5-12(11-13)14-8-4-9-16-15-7-1-2-10-17(15)22-18(14)16;17-14-9-18-15-12-7-3-1-5-10(12)11-6-2-4-8-13(11)16(15)19-14;;/h1-20H;1-11,20-21H;1-9H;2*1H4. The fraction of sp³-hybridized carbons (Fsp3) is 0.0286. The van der Waals surface area contributed by atoms with Crippen LogP contribution in [0.15, 0.2) is 252 Å². The van der Waals surface area contributed by atoms with Crippen molar-refractivity contribution in [3.05, 3.63) is 248 Å². The number of halogens is 1. The highest BCUT2D eigenvalue weighted by atomic mass is 35.5. The Morgan fingerprint density at radius 2 is 0.713 bits per heavy atom. The van der Waals surface area contributed by atoms with Crippen molar-refractivity contribution in [3.8, 4) is 33.5 Å². The summed E-state index contributed by atoms with van der Waals surface area (Å²) in [5, 5.41) is 32.8. The Morgan fingerprint density at radius 1 is 0.338 bits per heavy atom. The maximum atomic E-state index is 9.35. The Bertz CT molecular complexity index is 4950. The average molecular weight is 1060 g/mol. The number of fused-ring (bicyclic) bond motifs is 18. The maximum absolute atomic E-state index is 9.35. The van der Waals surface area contributed by atoms with Crippen LogP contribution in [-0.2, 0) is 0 Å². The number of hydrogen-bond donors (Lipinski definition) is 2. The summed E-state index contributed by atoms with van der Waals surface area (Å²) < 4.78 is 12.3. The molecule has 384 valence electrons. The molecule has 0 bridgehead atoms. The molecule has 4 aromatic heterocycles. The van der Waals surface area contributed by atoms with Crippen molar-refractivity contribution in [2.45, 2.75) is 14.9 Å². The molecule has 0 unspecified atom stereocenters. The molecule has 0 atom stereocenters. The van der Waals surface area contributed by atoms with Gasteiger partial charge in [-0.1, -0.05) is 239 Å². The summed E-state index contributed by atoms with van der Waals surface area (Å²) in [7, 11) is -1.48. The van der Waals surface area contributed by atoms with Crippen molar-refractivity contribution >= 4 is 133 Å². The van der Waals surface area contributed by atoms with Crippen molar-refractivity contribution in [1.29, 1.82) is 0 Å². The molecule has 0 spiro atoms. The first-order chi connectivity index (χ1) is 38.4. The highest BCUT2D eigenvalue weighted by Crippen LogP contribution is 2.40. The first-order valence-corrected chi connectivity index (χ1v) is 26.0. The van der Waals surface area contributed by atoms with E-state index in [0.29, 0.717) is 10.6 Å². The fourth-order valence-corrected chi connectivity index (χ4v) is 11.2. The highest BCUT2D eigenvalue weighted by Gasteiger charge is 2.18. The number of aromatic nitrogens is 4. The highest BCUT2D eigenvalue weighted by molar-refractivity contribution is 6.58. The Hall–Kier alpha value is -9.77.